The van der Waals surface area contributed by atoms with E-state index in [1.165, 1.54) is 12.1 Å². The standard InChI is InChI=1S/C11H14ClN3O4/c1-18-8-5-14(6-9(8)19-2)11-4-7(15(16)17)3-10(12)13-11/h3-4,8-9H,5-6H2,1-2H3. The smallest absolute Gasteiger partial charge is 0.276 e. The Labute approximate surface area is 115 Å². The Morgan fingerprint density at radius 2 is 1.95 bits per heavy atom. The molecule has 1 aliphatic heterocycles. The molecule has 8 heteroatoms. The zero-order valence-corrected chi connectivity index (χ0v) is 11.3. The number of pyridine rings is 1. The minimum Gasteiger partial charge on any atom is -0.377 e. The zero-order chi connectivity index (χ0) is 14.0. The molecule has 2 rings (SSSR count). The van der Waals surface area contributed by atoms with Gasteiger partial charge < -0.3 is 14.4 Å². The normalized spacial score (nSPS) is 22.8. The van der Waals surface area contributed by atoms with Gasteiger partial charge >= 0.3 is 0 Å². The van der Waals surface area contributed by atoms with Gasteiger partial charge in [0.1, 0.15) is 23.2 Å². The summed E-state index contributed by atoms with van der Waals surface area (Å²) < 4.78 is 10.6. The van der Waals surface area contributed by atoms with Crippen LogP contribution in [0.2, 0.25) is 5.15 Å². The van der Waals surface area contributed by atoms with E-state index in [1.807, 2.05) is 4.90 Å². The third kappa shape index (κ3) is 2.94. The molecule has 0 aromatic carbocycles. The van der Waals surface area contributed by atoms with E-state index in [-0.39, 0.29) is 23.0 Å². The number of nitrogens with zero attached hydrogens (tertiary/aromatic N) is 3. The van der Waals surface area contributed by atoms with Crippen molar-refractivity contribution in [2.75, 3.05) is 32.2 Å². The van der Waals surface area contributed by atoms with Gasteiger partial charge in [-0.1, -0.05) is 11.6 Å². The fourth-order valence-electron chi connectivity index (χ4n) is 2.12. The van der Waals surface area contributed by atoms with Gasteiger partial charge in [0, 0.05) is 27.3 Å². The van der Waals surface area contributed by atoms with Gasteiger partial charge in [-0.15, -0.1) is 0 Å². The molecule has 0 N–H and O–H groups in total. The lowest BCUT2D eigenvalue weighted by molar-refractivity contribution is -0.384. The molecule has 19 heavy (non-hydrogen) atoms. The molecular formula is C11H14ClN3O4. The number of rotatable bonds is 4. The van der Waals surface area contributed by atoms with Crippen LogP contribution >= 0.6 is 11.6 Å². The minimum absolute atomic E-state index is 0.0789. The Balaban J connectivity index is 2.25. The van der Waals surface area contributed by atoms with Crippen LogP contribution in [0.4, 0.5) is 11.5 Å². The minimum atomic E-state index is -0.491. The topological polar surface area (TPSA) is 77.7 Å². The van der Waals surface area contributed by atoms with Crippen molar-refractivity contribution in [3.63, 3.8) is 0 Å². The van der Waals surface area contributed by atoms with Gasteiger partial charge in [-0.3, -0.25) is 10.1 Å². The van der Waals surface area contributed by atoms with E-state index in [2.05, 4.69) is 4.98 Å². The highest BCUT2D eigenvalue weighted by Crippen LogP contribution is 2.27. The molecule has 1 aromatic heterocycles. The van der Waals surface area contributed by atoms with E-state index >= 15 is 0 Å². The second-order valence-corrected chi connectivity index (χ2v) is 4.60. The summed E-state index contributed by atoms with van der Waals surface area (Å²) in [5.41, 5.74) is -0.0789. The van der Waals surface area contributed by atoms with Crippen molar-refractivity contribution in [1.82, 2.24) is 4.98 Å². The molecular weight excluding hydrogens is 274 g/mol. The summed E-state index contributed by atoms with van der Waals surface area (Å²) in [5, 5.41) is 10.9. The second kappa shape index (κ2) is 5.68. The maximum absolute atomic E-state index is 10.8. The summed E-state index contributed by atoms with van der Waals surface area (Å²) in [6.45, 7) is 1.11. The molecule has 1 saturated heterocycles. The lowest BCUT2D eigenvalue weighted by Gasteiger charge is -2.16. The molecule has 2 unspecified atom stereocenters. The number of methoxy groups -OCH3 is 2. The molecule has 0 radical (unpaired) electrons. The van der Waals surface area contributed by atoms with Crippen molar-refractivity contribution in [2.24, 2.45) is 0 Å². The van der Waals surface area contributed by atoms with Crippen molar-refractivity contribution in [3.05, 3.63) is 27.4 Å². The van der Waals surface area contributed by atoms with Crippen LogP contribution in [0.25, 0.3) is 0 Å². The lowest BCUT2D eigenvalue weighted by atomic mass is 10.3. The van der Waals surface area contributed by atoms with Gasteiger partial charge in [0.25, 0.3) is 5.69 Å². The van der Waals surface area contributed by atoms with Gasteiger partial charge in [-0.05, 0) is 0 Å². The van der Waals surface area contributed by atoms with Crippen LogP contribution in [-0.2, 0) is 9.47 Å². The first kappa shape index (κ1) is 14.0. The number of aromatic nitrogens is 1. The molecule has 1 fully saturated rings. The summed E-state index contributed by atoms with van der Waals surface area (Å²) in [7, 11) is 3.21. The predicted molar refractivity (Wildman–Crippen MR) is 69.7 cm³/mol. The number of hydrogen-bond donors (Lipinski definition) is 0. The summed E-state index contributed by atoms with van der Waals surface area (Å²) in [6.07, 6.45) is -0.185. The maximum atomic E-state index is 10.8. The third-order valence-electron chi connectivity index (χ3n) is 3.12. The monoisotopic (exact) mass is 287 g/mol. The van der Waals surface area contributed by atoms with Crippen LogP contribution in [0.5, 0.6) is 0 Å². The fraction of sp³-hybridized carbons (Fsp3) is 0.545. The van der Waals surface area contributed by atoms with Gasteiger partial charge in [-0.2, -0.15) is 0 Å². The highest BCUT2D eigenvalue weighted by molar-refractivity contribution is 6.29. The Hall–Kier alpha value is -1.44. The summed E-state index contributed by atoms with van der Waals surface area (Å²) in [5.74, 6) is 0.459. The van der Waals surface area contributed by atoms with Gasteiger partial charge in [0.2, 0.25) is 0 Å². The average Bonchev–Trinajstić information content (AvgIpc) is 2.81. The fourth-order valence-corrected chi connectivity index (χ4v) is 2.32. The van der Waals surface area contributed by atoms with Crippen molar-refractivity contribution >= 4 is 23.1 Å². The van der Waals surface area contributed by atoms with E-state index in [9.17, 15) is 10.1 Å². The third-order valence-corrected chi connectivity index (χ3v) is 3.31. The Kier molecular flexibility index (Phi) is 4.18. The molecule has 0 amide bonds. The van der Waals surface area contributed by atoms with Crippen LogP contribution in [0.1, 0.15) is 0 Å². The number of halogens is 1. The SMILES string of the molecule is COC1CN(c2cc([N+](=O)[O-])cc(Cl)n2)CC1OC. The number of nitro groups is 1. The van der Waals surface area contributed by atoms with Gasteiger partial charge in [0.15, 0.2) is 0 Å². The lowest BCUT2D eigenvalue weighted by Crippen LogP contribution is -2.27. The molecule has 2 atom stereocenters. The first-order valence-corrected chi connectivity index (χ1v) is 6.05. The molecule has 0 spiro atoms. The number of anilines is 1. The summed E-state index contributed by atoms with van der Waals surface area (Å²) in [4.78, 5) is 16.3. The largest absolute Gasteiger partial charge is 0.377 e. The first-order chi connectivity index (χ1) is 9.05. The number of hydrogen-bond acceptors (Lipinski definition) is 6. The molecule has 2 heterocycles. The number of ether oxygens (including phenoxy) is 2. The molecule has 1 aliphatic rings. The molecule has 0 saturated carbocycles. The molecule has 0 aliphatic carbocycles. The Morgan fingerprint density at radius 1 is 1.37 bits per heavy atom. The molecule has 7 nitrogen and oxygen atoms in total. The highest BCUT2D eigenvalue weighted by Gasteiger charge is 2.34. The maximum Gasteiger partial charge on any atom is 0.276 e. The van der Waals surface area contributed by atoms with E-state index < -0.39 is 4.92 Å². The van der Waals surface area contributed by atoms with Crippen molar-refractivity contribution in [3.8, 4) is 0 Å². The van der Waals surface area contributed by atoms with Crippen LogP contribution in [-0.4, -0.2) is 49.4 Å². The van der Waals surface area contributed by atoms with Crippen LogP contribution in [0, 0.1) is 10.1 Å². The zero-order valence-electron chi connectivity index (χ0n) is 10.6. The van der Waals surface area contributed by atoms with E-state index in [0.717, 1.165) is 0 Å². The van der Waals surface area contributed by atoms with Crippen LogP contribution < -0.4 is 4.90 Å². The van der Waals surface area contributed by atoms with E-state index in [0.29, 0.717) is 18.9 Å². The Morgan fingerprint density at radius 3 is 2.42 bits per heavy atom. The van der Waals surface area contributed by atoms with Gasteiger partial charge in [0.05, 0.1) is 17.1 Å². The predicted octanol–water partition coefficient (Wildman–Crippen LogP) is 1.49. The van der Waals surface area contributed by atoms with Crippen molar-refractivity contribution in [1.29, 1.82) is 0 Å². The van der Waals surface area contributed by atoms with Crippen LogP contribution in [0.3, 0.4) is 0 Å². The first-order valence-electron chi connectivity index (χ1n) is 5.67. The molecule has 1 aromatic rings. The average molecular weight is 288 g/mol. The molecule has 104 valence electrons. The molecule has 0 bridgehead atoms. The summed E-state index contributed by atoms with van der Waals surface area (Å²) >= 11 is 5.81. The Bertz CT molecular complexity index is 473. The van der Waals surface area contributed by atoms with Crippen molar-refractivity contribution in [2.45, 2.75) is 12.2 Å². The quantitative estimate of drug-likeness (QED) is 0.474. The summed E-state index contributed by atoms with van der Waals surface area (Å²) in [6, 6.07) is 2.62. The van der Waals surface area contributed by atoms with Crippen molar-refractivity contribution < 1.29 is 14.4 Å². The van der Waals surface area contributed by atoms with Gasteiger partial charge in [-0.25, -0.2) is 4.98 Å². The van der Waals surface area contributed by atoms with Crippen LogP contribution in [0.15, 0.2) is 12.1 Å². The highest BCUT2D eigenvalue weighted by atomic mass is 35.5. The van der Waals surface area contributed by atoms with E-state index in [1.54, 1.807) is 14.2 Å². The van der Waals surface area contributed by atoms with E-state index in [4.69, 9.17) is 21.1 Å². The second-order valence-electron chi connectivity index (χ2n) is 4.22.